The number of Topliss-reactive ketones (excluding diaryl/α,β-unsaturated/α-hetero) is 2. The van der Waals surface area contributed by atoms with Crippen molar-refractivity contribution in [1.82, 2.24) is 0 Å². The molecule has 3 atom stereocenters. The predicted molar refractivity (Wildman–Crippen MR) is 53.9 cm³/mol. The molecule has 0 saturated heterocycles. The molecule has 0 amide bonds. The van der Waals surface area contributed by atoms with E-state index in [0.717, 1.165) is 19.3 Å². The van der Waals surface area contributed by atoms with E-state index in [1.807, 2.05) is 6.92 Å². The number of hydrogen-bond donors (Lipinski definition) is 0. The van der Waals surface area contributed by atoms with Crippen LogP contribution in [0.3, 0.4) is 0 Å². The predicted octanol–water partition coefficient (Wildman–Crippen LogP) is 2.36. The SMILES string of the molecule is C[C@H]1CCC[C@]2(C1)C(=O)C[C@H](C)C2=O. The molecule has 0 aromatic heterocycles. The van der Waals surface area contributed by atoms with Crippen molar-refractivity contribution in [3.63, 3.8) is 0 Å². The summed E-state index contributed by atoms with van der Waals surface area (Å²) in [5.74, 6) is 0.977. The van der Waals surface area contributed by atoms with E-state index >= 15 is 0 Å². The van der Waals surface area contributed by atoms with Crippen LogP contribution >= 0.6 is 0 Å². The molecule has 14 heavy (non-hydrogen) atoms. The molecule has 2 saturated carbocycles. The van der Waals surface area contributed by atoms with Crippen molar-refractivity contribution in [1.29, 1.82) is 0 Å². The highest BCUT2D eigenvalue weighted by molar-refractivity contribution is 6.14. The van der Waals surface area contributed by atoms with E-state index in [2.05, 4.69) is 6.92 Å². The molecule has 2 fully saturated rings. The highest BCUT2D eigenvalue weighted by Crippen LogP contribution is 2.47. The molecule has 0 aromatic rings. The second-order valence-electron chi connectivity index (χ2n) is 5.18. The molecule has 1 spiro atoms. The van der Waals surface area contributed by atoms with Gasteiger partial charge in [0.25, 0.3) is 0 Å². The quantitative estimate of drug-likeness (QED) is 0.555. The minimum absolute atomic E-state index is 0.0206. The zero-order valence-corrected chi connectivity index (χ0v) is 9.01. The van der Waals surface area contributed by atoms with E-state index in [1.165, 1.54) is 6.42 Å². The third kappa shape index (κ3) is 1.23. The summed E-state index contributed by atoms with van der Waals surface area (Å²) in [6.07, 6.45) is 4.35. The largest absolute Gasteiger partial charge is 0.299 e. The molecule has 2 aliphatic carbocycles. The first-order valence-corrected chi connectivity index (χ1v) is 5.64. The van der Waals surface area contributed by atoms with Crippen molar-refractivity contribution in [2.24, 2.45) is 17.3 Å². The number of hydrogen-bond acceptors (Lipinski definition) is 2. The van der Waals surface area contributed by atoms with Crippen molar-refractivity contribution in [3.8, 4) is 0 Å². The van der Waals surface area contributed by atoms with Gasteiger partial charge in [-0.15, -0.1) is 0 Å². The first-order chi connectivity index (χ1) is 6.56. The monoisotopic (exact) mass is 194 g/mol. The van der Waals surface area contributed by atoms with Gasteiger partial charge in [0.1, 0.15) is 11.6 Å². The smallest absolute Gasteiger partial charge is 0.149 e. The van der Waals surface area contributed by atoms with Crippen LogP contribution < -0.4 is 0 Å². The molecular formula is C12H18O2. The minimum atomic E-state index is -0.545. The summed E-state index contributed by atoms with van der Waals surface area (Å²) in [5.41, 5.74) is -0.545. The van der Waals surface area contributed by atoms with Crippen LogP contribution in [-0.2, 0) is 9.59 Å². The number of carbonyl (C=O) groups is 2. The van der Waals surface area contributed by atoms with Gasteiger partial charge in [-0.25, -0.2) is 0 Å². The molecule has 2 heteroatoms. The Morgan fingerprint density at radius 2 is 2.00 bits per heavy atom. The molecule has 0 N–H and O–H groups in total. The molecule has 0 radical (unpaired) electrons. The van der Waals surface area contributed by atoms with Gasteiger partial charge in [0.2, 0.25) is 0 Å². The average Bonchev–Trinajstić information content (AvgIpc) is 2.32. The Labute approximate surface area is 85.1 Å². The zero-order chi connectivity index (χ0) is 10.3. The third-order valence-electron chi connectivity index (χ3n) is 3.94. The molecule has 0 bridgehead atoms. The van der Waals surface area contributed by atoms with E-state index in [9.17, 15) is 9.59 Å². The van der Waals surface area contributed by atoms with Crippen molar-refractivity contribution >= 4 is 11.6 Å². The lowest BCUT2D eigenvalue weighted by Gasteiger charge is -2.34. The van der Waals surface area contributed by atoms with Crippen LogP contribution in [0.5, 0.6) is 0 Å². The van der Waals surface area contributed by atoms with Gasteiger partial charge in [-0.1, -0.05) is 26.7 Å². The average molecular weight is 194 g/mol. The summed E-state index contributed by atoms with van der Waals surface area (Å²) in [5, 5.41) is 0. The Bertz CT molecular complexity index is 282. The van der Waals surface area contributed by atoms with Gasteiger partial charge in [0.15, 0.2) is 0 Å². The van der Waals surface area contributed by atoms with Gasteiger partial charge in [-0.05, 0) is 18.8 Å². The van der Waals surface area contributed by atoms with Crippen molar-refractivity contribution in [3.05, 3.63) is 0 Å². The van der Waals surface area contributed by atoms with Crippen molar-refractivity contribution in [2.75, 3.05) is 0 Å². The van der Waals surface area contributed by atoms with Gasteiger partial charge in [0, 0.05) is 12.3 Å². The van der Waals surface area contributed by atoms with Crippen LogP contribution in [0.1, 0.15) is 46.0 Å². The second kappa shape index (κ2) is 3.18. The van der Waals surface area contributed by atoms with Gasteiger partial charge < -0.3 is 0 Å². The molecule has 0 aromatic carbocycles. The highest BCUT2D eigenvalue weighted by Gasteiger charge is 2.53. The number of rotatable bonds is 0. The molecular weight excluding hydrogens is 176 g/mol. The first-order valence-electron chi connectivity index (χ1n) is 5.64. The van der Waals surface area contributed by atoms with Crippen LogP contribution in [-0.4, -0.2) is 11.6 Å². The molecule has 0 aliphatic heterocycles. The lowest BCUT2D eigenvalue weighted by atomic mass is 9.67. The lowest BCUT2D eigenvalue weighted by molar-refractivity contribution is -0.138. The van der Waals surface area contributed by atoms with E-state index in [4.69, 9.17) is 0 Å². The van der Waals surface area contributed by atoms with Crippen molar-refractivity contribution < 1.29 is 9.59 Å². The minimum Gasteiger partial charge on any atom is -0.299 e. The van der Waals surface area contributed by atoms with Crippen LogP contribution in [0.2, 0.25) is 0 Å². The van der Waals surface area contributed by atoms with Gasteiger partial charge >= 0.3 is 0 Å². The van der Waals surface area contributed by atoms with E-state index in [-0.39, 0.29) is 17.5 Å². The summed E-state index contributed by atoms with van der Waals surface area (Å²) in [6, 6.07) is 0. The molecule has 0 heterocycles. The Morgan fingerprint density at radius 3 is 2.50 bits per heavy atom. The summed E-state index contributed by atoms with van der Waals surface area (Å²) in [6.45, 7) is 4.05. The maximum absolute atomic E-state index is 12.0. The molecule has 2 nitrogen and oxygen atoms in total. The summed E-state index contributed by atoms with van der Waals surface area (Å²) in [4.78, 5) is 23.9. The van der Waals surface area contributed by atoms with Crippen LogP contribution in [0.15, 0.2) is 0 Å². The highest BCUT2D eigenvalue weighted by atomic mass is 16.2. The molecule has 2 aliphatic rings. The maximum Gasteiger partial charge on any atom is 0.149 e. The Kier molecular flexibility index (Phi) is 2.24. The summed E-state index contributed by atoms with van der Waals surface area (Å²) < 4.78 is 0. The maximum atomic E-state index is 12.0. The van der Waals surface area contributed by atoms with Gasteiger partial charge in [-0.3, -0.25) is 9.59 Å². The van der Waals surface area contributed by atoms with E-state index in [0.29, 0.717) is 12.3 Å². The Balaban J connectivity index is 2.29. The molecule has 2 rings (SSSR count). The normalized spacial score (nSPS) is 43.6. The zero-order valence-electron chi connectivity index (χ0n) is 9.01. The molecule has 78 valence electrons. The van der Waals surface area contributed by atoms with E-state index < -0.39 is 5.41 Å². The van der Waals surface area contributed by atoms with Crippen molar-refractivity contribution in [2.45, 2.75) is 46.0 Å². The molecule has 0 unspecified atom stereocenters. The fraction of sp³-hybridized carbons (Fsp3) is 0.833. The Hall–Kier alpha value is -0.660. The fourth-order valence-corrected chi connectivity index (χ4v) is 3.20. The van der Waals surface area contributed by atoms with Crippen LogP contribution in [0.25, 0.3) is 0 Å². The lowest BCUT2D eigenvalue weighted by Crippen LogP contribution is -2.38. The third-order valence-corrected chi connectivity index (χ3v) is 3.94. The number of ketones is 2. The van der Waals surface area contributed by atoms with Gasteiger partial charge in [-0.2, -0.15) is 0 Å². The van der Waals surface area contributed by atoms with E-state index in [1.54, 1.807) is 0 Å². The Morgan fingerprint density at radius 1 is 1.29 bits per heavy atom. The summed E-state index contributed by atoms with van der Waals surface area (Å²) >= 11 is 0. The summed E-state index contributed by atoms with van der Waals surface area (Å²) in [7, 11) is 0. The van der Waals surface area contributed by atoms with Crippen LogP contribution in [0.4, 0.5) is 0 Å². The van der Waals surface area contributed by atoms with Crippen LogP contribution in [0, 0.1) is 17.3 Å². The fourth-order valence-electron chi connectivity index (χ4n) is 3.20. The second-order valence-corrected chi connectivity index (χ2v) is 5.18. The number of carbonyl (C=O) groups excluding carboxylic acids is 2. The standard InChI is InChI=1S/C12H18O2/c1-8-4-3-5-12(7-8)10(13)6-9(2)11(12)14/h8-9H,3-7H2,1-2H3/t8-,9-,12-/m0/s1. The topological polar surface area (TPSA) is 34.1 Å². The first kappa shape index (κ1) is 9.88. The van der Waals surface area contributed by atoms with Gasteiger partial charge in [0.05, 0.1) is 5.41 Å².